The SMILES string of the molecule is NNc1cc(Nc2ccc(Br)c(Cl)c2)ncn1. The Morgan fingerprint density at radius 2 is 1.94 bits per heavy atom. The number of benzene rings is 1. The van der Waals surface area contributed by atoms with Crippen LogP contribution in [-0.4, -0.2) is 9.97 Å². The van der Waals surface area contributed by atoms with Crippen LogP contribution in [0.5, 0.6) is 0 Å². The summed E-state index contributed by atoms with van der Waals surface area (Å²) in [6.07, 6.45) is 1.41. The molecule has 0 aliphatic rings. The third kappa shape index (κ3) is 3.06. The largest absolute Gasteiger partial charge is 0.340 e. The molecule has 1 aromatic heterocycles. The van der Waals surface area contributed by atoms with Crippen molar-refractivity contribution >= 4 is 44.9 Å². The minimum atomic E-state index is 0.533. The second kappa shape index (κ2) is 5.31. The van der Waals surface area contributed by atoms with E-state index in [9.17, 15) is 0 Å². The van der Waals surface area contributed by atoms with Crippen LogP contribution in [0.15, 0.2) is 35.1 Å². The first-order valence-corrected chi connectivity index (χ1v) is 5.87. The van der Waals surface area contributed by atoms with Crippen molar-refractivity contribution < 1.29 is 0 Å². The monoisotopic (exact) mass is 313 g/mol. The maximum atomic E-state index is 5.99. The molecular weight excluding hydrogens is 306 g/mol. The maximum Gasteiger partial charge on any atom is 0.145 e. The summed E-state index contributed by atoms with van der Waals surface area (Å²) in [5.74, 6) is 6.42. The first-order valence-electron chi connectivity index (χ1n) is 4.70. The summed E-state index contributed by atoms with van der Waals surface area (Å²) in [7, 11) is 0. The topological polar surface area (TPSA) is 75.9 Å². The van der Waals surface area contributed by atoms with Gasteiger partial charge in [0.1, 0.15) is 18.0 Å². The lowest BCUT2D eigenvalue weighted by atomic mass is 10.3. The molecule has 0 fully saturated rings. The smallest absolute Gasteiger partial charge is 0.145 e. The number of hydrazine groups is 1. The quantitative estimate of drug-likeness (QED) is 0.600. The van der Waals surface area contributed by atoms with Gasteiger partial charge in [-0.15, -0.1) is 0 Å². The first kappa shape index (κ1) is 12.1. The van der Waals surface area contributed by atoms with Gasteiger partial charge in [0.15, 0.2) is 0 Å². The number of nitrogens with zero attached hydrogens (tertiary/aromatic N) is 2. The molecule has 0 aliphatic carbocycles. The molecule has 0 atom stereocenters. The summed E-state index contributed by atoms with van der Waals surface area (Å²) in [4.78, 5) is 7.97. The van der Waals surface area contributed by atoms with Gasteiger partial charge in [0.2, 0.25) is 0 Å². The molecule has 7 heteroatoms. The van der Waals surface area contributed by atoms with Crippen molar-refractivity contribution in [2.75, 3.05) is 10.7 Å². The van der Waals surface area contributed by atoms with E-state index in [0.717, 1.165) is 10.2 Å². The molecule has 0 bridgehead atoms. The molecule has 0 saturated carbocycles. The Labute approximate surface area is 112 Å². The van der Waals surface area contributed by atoms with E-state index >= 15 is 0 Å². The molecule has 5 nitrogen and oxygen atoms in total. The third-order valence-corrected chi connectivity index (χ3v) is 3.24. The molecule has 0 saturated heterocycles. The Morgan fingerprint density at radius 1 is 1.18 bits per heavy atom. The molecule has 1 aromatic carbocycles. The predicted octanol–water partition coefficient (Wildman–Crippen LogP) is 2.92. The summed E-state index contributed by atoms with van der Waals surface area (Å²) in [5.41, 5.74) is 3.28. The summed E-state index contributed by atoms with van der Waals surface area (Å²) >= 11 is 9.31. The molecule has 0 unspecified atom stereocenters. The number of nitrogens with two attached hydrogens (primary N) is 1. The number of anilines is 3. The van der Waals surface area contributed by atoms with Gasteiger partial charge in [-0.2, -0.15) is 0 Å². The van der Waals surface area contributed by atoms with Crippen molar-refractivity contribution in [1.82, 2.24) is 9.97 Å². The average Bonchev–Trinajstić information content (AvgIpc) is 2.34. The highest BCUT2D eigenvalue weighted by Crippen LogP contribution is 2.27. The van der Waals surface area contributed by atoms with E-state index in [1.807, 2.05) is 12.1 Å². The lowest BCUT2D eigenvalue weighted by Crippen LogP contribution is -2.09. The summed E-state index contributed by atoms with van der Waals surface area (Å²) in [6.45, 7) is 0. The number of hydrogen-bond acceptors (Lipinski definition) is 5. The van der Waals surface area contributed by atoms with Crippen molar-refractivity contribution in [3.63, 3.8) is 0 Å². The first-order chi connectivity index (χ1) is 8.19. The molecule has 1 heterocycles. The zero-order valence-electron chi connectivity index (χ0n) is 8.61. The number of rotatable bonds is 3. The van der Waals surface area contributed by atoms with Crippen LogP contribution in [0.2, 0.25) is 5.02 Å². The molecular formula is C10H9BrClN5. The van der Waals surface area contributed by atoms with E-state index in [-0.39, 0.29) is 0 Å². The summed E-state index contributed by atoms with van der Waals surface area (Å²) in [6, 6.07) is 7.22. The van der Waals surface area contributed by atoms with E-state index in [2.05, 4.69) is 36.6 Å². The molecule has 88 valence electrons. The van der Waals surface area contributed by atoms with Gasteiger partial charge in [-0.3, -0.25) is 0 Å². The van der Waals surface area contributed by atoms with Crippen molar-refractivity contribution in [3.05, 3.63) is 40.1 Å². The molecule has 4 N–H and O–H groups in total. The lowest BCUT2D eigenvalue weighted by molar-refractivity contribution is 1.14. The van der Waals surface area contributed by atoms with Gasteiger partial charge in [-0.25, -0.2) is 15.8 Å². The molecule has 0 radical (unpaired) electrons. The van der Waals surface area contributed by atoms with E-state index in [1.165, 1.54) is 6.33 Å². The van der Waals surface area contributed by atoms with Gasteiger partial charge < -0.3 is 10.7 Å². The zero-order valence-corrected chi connectivity index (χ0v) is 11.0. The van der Waals surface area contributed by atoms with Crippen LogP contribution in [0.25, 0.3) is 0 Å². The zero-order chi connectivity index (χ0) is 12.3. The van der Waals surface area contributed by atoms with Crippen LogP contribution >= 0.6 is 27.5 Å². The Balaban J connectivity index is 2.22. The highest BCUT2D eigenvalue weighted by atomic mass is 79.9. The van der Waals surface area contributed by atoms with Crippen LogP contribution < -0.4 is 16.6 Å². The Hall–Kier alpha value is -1.37. The van der Waals surface area contributed by atoms with Crippen LogP contribution in [0.4, 0.5) is 17.3 Å². The normalized spacial score (nSPS) is 10.1. The Morgan fingerprint density at radius 3 is 2.65 bits per heavy atom. The lowest BCUT2D eigenvalue weighted by Gasteiger charge is -2.07. The van der Waals surface area contributed by atoms with Gasteiger partial charge in [0.25, 0.3) is 0 Å². The molecule has 0 aliphatic heterocycles. The fourth-order valence-electron chi connectivity index (χ4n) is 1.23. The van der Waals surface area contributed by atoms with Gasteiger partial charge >= 0.3 is 0 Å². The molecule has 0 amide bonds. The van der Waals surface area contributed by atoms with E-state index in [4.69, 9.17) is 17.4 Å². The van der Waals surface area contributed by atoms with Crippen molar-refractivity contribution in [1.29, 1.82) is 0 Å². The number of halogens is 2. The van der Waals surface area contributed by atoms with Gasteiger partial charge in [0.05, 0.1) is 5.02 Å². The number of hydrogen-bond donors (Lipinski definition) is 3. The number of nitrogens with one attached hydrogen (secondary N) is 2. The molecule has 2 aromatic rings. The number of aromatic nitrogens is 2. The highest BCUT2D eigenvalue weighted by Gasteiger charge is 2.01. The minimum Gasteiger partial charge on any atom is -0.340 e. The highest BCUT2D eigenvalue weighted by molar-refractivity contribution is 9.10. The second-order valence-electron chi connectivity index (χ2n) is 3.19. The second-order valence-corrected chi connectivity index (χ2v) is 4.45. The van der Waals surface area contributed by atoms with Gasteiger partial charge in [-0.05, 0) is 34.1 Å². The minimum absolute atomic E-state index is 0.533. The van der Waals surface area contributed by atoms with Crippen LogP contribution in [0.1, 0.15) is 0 Å². The van der Waals surface area contributed by atoms with Gasteiger partial charge in [0, 0.05) is 16.2 Å². The predicted molar refractivity (Wildman–Crippen MR) is 72.3 cm³/mol. The standard InChI is InChI=1S/C10H9BrClN5/c11-7-2-1-6(3-8(7)12)16-9-4-10(17-13)15-5-14-9/h1-5H,13H2,(H2,14,15,16,17). The summed E-state index contributed by atoms with van der Waals surface area (Å²) < 4.78 is 0.844. The van der Waals surface area contributed by atoms with Crippen LogP contribution in [-0.2, 0) is 0 Å². The average molecular weight is 315 g/mol. The summed E-state index contributed by atoms with van der Waals surface area (Å²) in [5, 5.41) is 3.72. The van der Waals surface area contributed by atoms with Crippen LogP contribution in [0.3, 0.4) is 0 Å². The molecule has 17 heavy (non-hydrogen) atoms. The van der Waals surface area contributed by atoms with Gasteiger partial charge in [-0.1, -0.05) is 11.6 Å². The van der Waals surface area contributed by atoms with Crippen LogP contribution in [0, 0.1) is 0 Å². The van der Waals surface area contributed by atoms with E-state index in [1.54, 1.807) is 12.1 Å². The fourth-order valence-corrected chi connectivity index (χ4v) is 1.65. The van der Waals surface area contributed by atoms with Crippen molar-refractivity contribution in [3.8, 4) is 0 Å². The maximum absolute atomic E-state index is 5.99. The Bertz CT molecular complexity index is 534. The fraction of sp³-hybridized carbons (Fsp3) is 0. The third-order valence-electron chi connectivity index (χ3n) is 2.01. The number of nitrogen functional groups attached to an aromatic ring is 1. The van der Waals surface area contributed by atoms with Crippen molar-refractivity contribution in [2.24, 2.45) is 5.84 Å². The van der Waals surface area contributed by atoms with E-state index < -0.39 is 0 Å². The molecule has 2 rings (SSSR count). The molecule has 0 spiro atoms. The van der Waals surface area contributed by atoms with E-state index in [0.29, 0.717) is 16.7 Å². The Kier molecular flexibility index (Phi) is 3.78. The van der Waals surface area contributed by atoms with Crippen molar-refractivity contribution in [2.45, 2.75) is 0 Å².